The van der Waals surface area contributed by atoms with Gasteiger partial charge in [-0.15, -0.1) is 0 Å². The number of amidine groups is 1. The summed E-state index contributed by atoms with van der Waals surface area (Å²) in [5.74, 6) is 0.723. The zero-order chi connectivity index (χ0) is 11.1. The maximum atomic E-state index is 5.76. The van der Waals surface area contributed by atoms with Gasteiger partial charge in [0, 0.05) is 11.3 Å². The highest BCUT2D eigenvalue weighted by Crippen LogP contribution is 2.34. The number of thiazole rings is 1. The lowest BCUT2D eigenvalue weighted by molar-refractivity contribution is 0.677. The lowest BCUT2D eigenvalue weighted by atomic mass is 10.0. The number of hydrogen-bond acceptors (Lipinski definition) is 5. The van der Waals surface area contributed by atoms with Crippen LogP contribution in [0.1, 0.15) is 36.8 Å². The van der Waals surface area contributed by atoms with Crippen LogP contribution in [0.4, 0.5) is 5.13 Å². The van der Waals surface area contributed by atoms with E-state index in [1.54, 1.807) is 11.3 Å². The van der Waals surface area contributed by atoms with Gasteiger partial charge in [0.25, 0.3) is 0 Å². The molecule has 1 aromatic heterocycles. The van der Waals surface area contributed by atoms with E-state index in [-0.39, 0.29) is 0 Å². The van der Waals surface area contributed by atoms with Crippen LogP contribution in [0.25, 0.3) is 0 Å². The number of aromatic nitrogens is 1. The minimum Gasteiger partial charge on any atom is -0.386 e. The van der Waals surface area contributed by atoms with E-state index in [4.69, 9.17) is 10.7 Å². The highest BCUT2D eigenvalue weighted by atomic mass is 32.1. The molecule has 0 saturated heterocycles. The number of hydrazone groups is 1. The zero-order valence-electron chi connectivity index (χ0n) is 9.44. The Labute approximate surface area is 99.2 Å². The average molecular weight is 236 g/mol. The fourth-order valence-corrected chi connectivity index (χ4v) is 3.54. The van der Waals surface area contributed by atoms with Crippen LogP contribution < -0.4 is 10.7 Å². The summed E-state index contributed by atoms with van der Waals surface area (Å²) in [6, 6.07) is 0.354. The van der Waals surface area contributed by atoms with Crippen molar-refractivity contribution >= 4 is 22.3 Å². The fourth-order valence-electron chi connectivity index (χ4n) is 2.33. The van der Waals surface area contributed by atoms with Gasteiger partial charge in [-0.05, 0) is 32.6 Å². The van der Waals surface area contributed by atoms with Crippen molar-refractivity contribution < 1.29 is 0 Å². The third-order valence-corrected chi connectivity index (χ3v) is 4.34. The number of fused-ring (bicyclic) bond motifs is 1. The van der Waals surface area contributed by atoms with E-state index in [1.807, 2.05) is 5.01 Å². The number of rotatable bonds is 1. The number of nitrogens with zero attached hydrogens (tertiary/aromatic N) is 3. The second-order valence-corrected chi connectivity index (χ2v) is 5.62. The largest absolute Gasteiger partial charge is 0.386 e. The summed E-state index contributed by atoms with van der Waals surface area (Å²) >= 11 is 1.79. The van der Waals surface area contributed by atoms with Crippen molar-refractivity contribution in [2.45, 2.75) is 45.1 Å². The predicted octanol–water partition coefficient (Wildman–Crippen LogP) is 1.89. The standard InChI is InChI=1S/C11H16N4S/c1-7-6-10(12)14-15(7)11-13-8-4-2-3-5-9(8)16-11/h7H,2-6H2,1H3,(H2,12,14)/t7-/m1/s1. The average Bonchev–Trinajstić information content (AvgIpc) is 2.81. The first-order chi connectivity index (χ1) is 7.74. The van der Waals surface area contributed by atoms with Gasteiger partial charge in [-0.1, -0.05) is 11.3 Å². The van der Waals surface area contributed by atoms with Gasteiger partial charge >= 0.3 is 0 Å². The number of nitrogens with two attached hydrogens (primary N) is 1. The Morgan fingerprint density at radius 3 is 2.88 bits per heavy atom. The van der Waals surface area contributed by atoms with Crippen molar-refractivity contribution in [3.05, 3.63) is 10.6 Å². The molecule has 1 atom stereocenters. The molecule has 0 unspecified atom stereocenters. The first-order valence-corrected chi connectivity index (χ1v) is 6.66. The van der Waals surface area contributed by atoms with Crippen LogP contribution in [0.3, 0.4) is 0 Å². The summed E-state index contributed by atoms with van der Waals surface area (Å²) in [7, 11) is 0. The summed E-state index contributed by atoms with van der Waals surface area (Å²) in [5, 5.41) is 7.37. The molecule has 0 aromatic carbocycles. The van der Waals surface area contributed by atoms with E-state index >= 15 is 0 Å². The van der Waals surface area contributed by atoms with Gasteiger partial charge in [-0.3, -0.25) is 0 Å². The molecule has 0 fully saturated rings. The topological polar surface area (TPSA) is 54.5 Å². The molecule has 1 aliphatic heterocycles. The maximum Gasteiger partial charge on any atom is 0.206 e. The van der Waals surface area contributed by atoms with Crippen LogP contribution in [0, 0.1) is 0 Å². The molecule has 0 spiro atoms. The van der Waals surface area contributed by atoms with Gasteiger partial charge in [0.05, 0.1) is 11.7 Å². The Morgan fingerprint density at radius 1 is 1.38 bits per heavy atom. The van der Waals surface area contributed by atoms with E-state index < -0.39 is 0 Å². The molecule has 2 N–H and O–H groups in total. The van der Waals surface area contributed by atoms with Gasteiger partial charge in [0.2, 0.25) is 5.13 Å². The van der Waals surface area contributed by atoms with Gasteiger partial charge in [0.1, 0.15) is 5.84 Å². The Bertz CT molecular complexity index is 414. The van der Waals surface area contributed by atoms with Gasteiger partial charge in [-0.25, -0.2) is 9.99 Å². The molecule has 16 heavy (non-hydrogen) atoms. The van der Waals surface area contributed by atoms with E-state index in [9.17, 15) is 0 Å². The third-order valence-electron chi connectivity index (χ3n) is 3.19. The molecule has 0 saturated carbocycles. The maximum absolute atomic E-state index is 5.76. The summed E-state index contributed by atoms with van der Waals surface area (Å²) in [6.07, 6.45) is 5.75. The molecule has 3 rings (SSSR count). The van der Waals surface area contributed by atoms with Crippen LogP contribution in [-0.4, -0.2) is 16.9 Å². The Kier molecular flexibility index (Phi) is 2.35. The summed E-state index contributed by atoms with van der Waals surface area (Å²) in [4.78, 5) is 6.15. The monoisotopic (exact) mass is 236 g/mol. The SMILES string of the molecule is C[C@@H]1CC(N)=NN1c1nc2c(s1)CCCC2. The highest BCUT2D eigenvalue weighted by molar-refractivity contribution is 7.15. The molecule has 1 aromatic rings. The molecule has 0 bridgehead atoms. The second kappa shape index (κ2) is 3.73. The lowest BCUT2D eigenvalue weighted by Gasteiger charge is -2.15. The molecule has 1 aliphatic carbocycles. The van der Waals surface area contributed by atoms with Crippen LogP contribution in [-0.2, 0) is 12.8 Å². The molecule has 2 heterocycles. The van der Waals surface area contributed by atoms with Gasteiger partial charge < -0.3 is 5.73 Å². The molecule has 0 radical (unpaired) electrons. The van der Waals surface area contributed by atoms with E-state index in [2.05, 4.69) is 12.0 Å². The number of anilines is 1. The summed E-state index contributed by atoms with van der Waals surface area (Å²) in [5.41, 5.74) is 7.05. The predicted molar refractivity (Wildman–Crippen MR) is 66.9 cm³/mol. The van der Waals surface area contributed by atoms with Crippen molar-refractivity contribution in [3.8, 4) is 0 Å². The third kappa shape index (κ3) is 1.59. The van der Waals surface area contributed by atoms with Gasteiger partial charge in [-0.2, -0.15) is 5.10 Å². The molecular formula is C11H16N4S. The molecule has 0 amide bonds. The smallest absolute Gasteiger partial charge is 0.206 e. The van der Waals surface area contributed by atoms with Crippen LogP contribution >= 0.6 is 11.3 Å². The second-order valence-electron chi connectivity index (χ2n) is 4.56. The first-order valence-electron chi connectivity index (χ1n) is 5.85. The van der Waals surface area contributed by atoms with Crippen LogP contribution in [0.15, 0.2) is 5.10 Å². The molecule has 86 valence electrons. The van der Waals surface area contributed by atoms with E-state index in [0.717, 1.165) is 23.8 Å². The highest BCUT2D eigenvalue weighted by Gasteiger charge is 2.26. The first kappa shape index (κ1) is 10.1. The molecule has 4 nitrogen and oxygen atoms in total. The van der Waals surface area contributed by atoms with Crippen molar-refractivity contribution in [1.82, 2.24) is 4.98 Å². The van der Waals surface area contributed by atoms with Crippen molar-refractivity contribution in [3.63, 3.8) is 0 Å². The minimum atomic E-state index is 0.354. The zero-order valence-corrected chi connectivity index (χ0v) is 10.3. The fraction of sp³-hybridized carbons (Fsp3) is 0.636. The van der Waals surface area contributed by atoms with Crippen molar-refractivity contribution in [2.24, 2.45) is 10.8 Å². The van der Waals surface area contributed by atoms with Crippen LogP contribution in [0.2, 0.25) is 0 Å². The Morgan fingerprint density at radius 2 is 2.19 bits per heavy atom. The van der Waals surface area contributed by atoms with E-state index in [1.165, 1.54) is 29.8 Å². The quantitative estimate of drug-likeness (QED) is 0.810. The molecule has 2 aliphatic rings. The van der Waals surface area contributed by atoms with Gasteiger partial charge in [0.15, 0.2) is 0 Å². The van der Waals surface area contributed by atoms with E-state index in [0.29, 0.717) is 6.04 Å². The molecule has 5 heteroatoms. The number of hydrogen-bond donors (Lipinski definition) is 1. The minimum absolute atomic E-state index is 0.354. The Hall–Kier alpha value is -1.10. The lowest BCUT2D eigenvalue weighted by Crippen LogP contribution is -2.22. The molecular weight excluding hydrogens is 220 g/mol. The number of aryl methyl sites for hydroxylation is 2. The van der Waals surface area contributed by atoms with Crippen molar-refractivity contribution in [1.29, 1.82) is 0 Å². The van der Waals surface area contributed by atoms with Crippen molar-refractivity contribution in [2.75, 3.05) is 5.01 Å². The normalized spacial score (nSPS) is 24.4. The summed E-state index contributed by atoms with van der Waals surface area (Å²) < 4.78 is 0. The summed E-state index contributed by atoms with van der Waals surface area (Å²) in [6.45, 7) is 2.14. The van der Waals surface area contributed by atoms with Crippen LogP contribution in [0.5, 0.6) is 0 Å². The Balaban J connectivity index is 1.92.